The Balaban J connectivity index is 2.04. The molecule has 20 heavy (non-hydrogen) atoms. The molecule has 0 aliphatic carbocycles. The Kier molecular flexibility index (Phi) is 3.39. The molecule has 4 nitrogen and oxygen atoms in total. The van der Waals surface area contributed by atoms with Gasteiger partial charge in [-0.05, 0) is 17.7 Å². The molecule has 0 aliphatic rings. The Morgan fingerprint density at radius 1 is 1.10 bits per heavy atom. The summed E-state index contributed by atoms with van der Waals surface area (Å²) < 4.78 is 6.73. The van der Waals surface area contributed by atoms with Crippen LogP contribution in [0.2, 0.25) is 0 Å². The van der Waals surface area contributed by atoms with Gasteiger partial charge in [0.05, 0.1) is 17.4 Å². The minimum Gasteiger partial charge on any atom is -0.393 e. The maximum absolute atomic E-state index is 10.9. The molecule has 3 rings (SSSR count). The van der Waals surface area contributed by atoms with Crippen molar-refractivity contribution in [2.24, 2.45) is 0 Å². The summed E-state index contributed by atoms with van der Waals surface area (Å²) in [6.07, 6.45) is 0. The molecule has 0 amide bonds. The van der Waals surface area contributed by atoms with Crippen LogP contribution in [-0.4, -0.2) is 15.2 Å². The predicted octanol–water partition coefficient (Wildman–Crippen LogP) is 3.82. The Labute approximate surface area is 120 Å². The fourth-order valence-electron chi connectivity index (χ4n) is 2.13. The second-order valence-electron chi connectivity index (χ2n) is 4.31. The fraction of sp³-hybridized carbons (Fsp3) is 0.0667. The van der Waals surface area contributed by atoms with Crippen LogP contribution < -0.4 is 4.74 Å². The molecule has 5 heteroatoms. The highest BCUT2D eigenvalue weighted by Crippen LogP contribution is 2.25. The van der Waals surface area contributed by atoms with Crippen LogP contribution in [0.1, 0.15) is 5.56 Å². The van der Waals surface area contributed by atoms with E-state index in [1.54, 1.807) is 4.68 Å². The van der Waals surface area contributed by atoms with Gasteiger partial charge >= 0.3 is 5.43 Å². The Hall–Kier alpha value is -2.33. The fourth-order valence-corrected chi connectivity index (χ4v) is 2.20. The average molecular weight is 287 g/mol. The second kappa shape index (κ2) is 5.35. The van der Waals surface area contributed by atoms with Gasteiger partial charge in [-0.2, -0.15) is 0 Å². The van der Waals surface area contributed by atoms with Crippen molar-refractivity contribution in [2.75, 3.05) is 0 Å². The minimum atomic E-state index is -0.889. The Morgan fingerprint density at radius 3 is 2.55 bits per heavy atom. The predicted molar refractivity (Wildman–Crippen MR) is 77.2 cm³/mol. The van der Waals surface area contributed by atoms with Gasteiger partial charge in [-0.25, -0.2) is 4.79 Å². The van der Waals surface area contributed by atoms with Gasteiger partial charge in [-0.3, -0.25) is 4.68 Å². The number of hydrogen-bond acceptors (Lipinski definition) is 3. The number of ether oxygens (including phenoxy) is 1. The zero-order valence-corrected chi connectivity index (χ0v) is 11.2. The van der Waals surface area contributed by atoms with Gasteiger partial charge in [-0.15, -0.1) is 5.10 Å². The third kappa shape index (κ3) is 2.51. The third-order valence-electron chi connectivity index (χ3n) is 2.98. The quantitative estimate of drug-likeness (QED) is 0.688. The van der Waals surface area contributed by atoms with E-state index in [0.29, 0.717) is 6.54 Å². The lowest BCUT2D eigenvalue weighted by molar-refractivity contribution is 0.224. The number of aromatic nitrogens is 2. The third-order valence-corrected chi connectivity index (χ3v) is 3.05. The number of rotatable bonds is 3. The summed E-state index contributed by atoms with van der Waals surface area (Å²) in [4.78, 5) is 10.9. The molecule has 0 radical (unpaired) electrons. The standard InChI is InChI=1S/C15H11ClN2O2/c16-15(19)20-14-12-8-4-5-9-13(12)18(17-14)10-11-6-2-1-3-7-11/h1-9H,10H2. The van der Waals surface area contributed by atoms with Crippen molar-refractivity contribution >= 4 is 27.9 Å². The van der Waals surface area contributed by atoms with E-state index in [1.807, 2.05) is 54.6 Å². The van der Waals surface area contributed by atoms with E-state index >= 15 is 0 Å². The summed E-state index contributed by atoms with van der Waals surface area (Å²) >= 11 is 5.27. The van der Waals surface area contributed by atoms with Gasteiger partial charge in [0, 0.05) is 11.6 Å². The highest BCUT2D eigenvalue weighted by atomic mass is 35.5. The smallest absolute Gasteiger partial charge is 0.393 e. The van der Waals surface area contributed by atoms with Gasteiger partial charge in [-0.1, -0.05) is 42.5 Å². The van der Waals surface area contributed by atoms with Crippen LogP contribution in [0.15, 0.2) is 54.6 Å². The first-order chi connectivity index (χ1) is 9.74. The van der Waals surface area contributed by atoms with Crippen LogP contribution in [0, 0.1) is 0 Å². The van der Waals surface area contributed by atoms with Crippen molar-refractivity contribution in [2.45, 2.75) is 6.54 Å². The minimum absolute atomic E-state index is 0.233. The molecule has 1 aromatic heterocycles. The van der Waals surface area contributed by atoms with Crippen LogP contribution in [0.25, 0.3) is 10.9 Å². The summed E-state index contributed by atoms with van der Waals surface area (Å²) in [7, 11) is 0. The first-order valence-electron chi connectivity index (χ1n) is 6.11. The van der Waals surface area contributed by atoms with Crippen molar-refractivity contribution in [3.8, 4) is 5.88 Å². The zero-order chi connectivity index (χ0) is 13.9. The number of fused-ring (bicyclic) bond motifs is 1. The normalized spacial score (nSPS) is 10.7. The molecule has 3 aromatic rings. The highest BCUT2D eigenvalue weighted by Gasteiger charge is 2.13. The van der Waals surface area contributed by atoms with E-state index in [2.05, 4.69) is 5.10 Å². The van der Waals surface area contributed by atoms with E-state index < -0.39 is 5.43 Å². The number of para-hydroxylation sites is 1. The van der Waals surface area contributed by atoms with Crippen molar-refractivity contribution in [3.63, 3.8) is 0 Å². The van der Waals surface area contributed by atoms with Crippen LogP contribution in [0.3, 0.4) is 0 Å². The van der Waals surface area contributed by atoms with Gasteiger partial charge in [0.25, 0.3) is 5.88 Å². The number of carbonyl (C=O) groups excluding carboxylic acids is 1. The molecule has 1 heterocycles. The maximum Gasteiger partial charge on any atom is 0.410 e. The van der Waals surface area contributed by atoms with Gasteiger partial charge in [0.1, 0.15) is 0 Å². The molecule has 2 aromatic carbocycles. The lowest BCUT2D eigenvalue weighted by Crippen LogP contribution is -2.03. The van der Waals surface area contributed by atoms with E-state index in [-0.39, 0.29) is 5.88 Å². The number of hydrogen-bond donors (Lipinski definition) is 0. The number of halogens is 1. The van der Waals surface area contributed by atoms with Crippen molar-refractivity contribution in [1.82, 2.24) is 9.78 Å². The molecule has 0 saturated heterocycles. The molecule has 0 unspecified atom stereocenters. The zero-order valence-electron chi connectivity index (χ0n) is 10.5. The monoisotopic (exact) mass is 286 g/mol. The molecule has 0 bridgehead atoms. The van der Waals surface area contributed by atoms with Crippen LogP contribution >= 0.6 is 11.6 Å². The number of benzene rings is 2. The molecule has 0 atom stereocenters. The van der Waals surface area contributed by atoms with Crippen molar-refractivity contribution in [3.05, 3.63) is 60.2 Å². The van der Waals surface area contributed by atoms with Gasteiger partial charge in [0.15, 0.2) is 0 Å². The SMILES string of the molecule is O=C(Cl)Oc1nn(Cc2ccccc2)c2ccccc12. The van der Waals surface area contributed by atoms with Crippen molar-refractivity contribution in [1.29, 1.82) is 0 Å². The molecule has 0 aliphatic heterocycles. The maximum atomic E-state index is 10.9. The topological polar surface area (TPSA) is 44.1 Å². The van der Waals surface area contributed by atoms with E-state index in [9.17, 15) is 4.79 Å². The number of nitrogens with zero attached hydrogens (tertiary/aromatic N) is 2. The molecule has 0 spiro atoms. The Bertz CT molecular complexity index is 753. The molecule has 0 N–H and O–H groups in total. The van der Waals surface area contributed by atoms with Gasteiger partial charge in [0.2, 0.25) is 0 Å². The van der Waals surface area contributed by atoms with Gasteiger partial charge < -0.3 is 4.74 Å². The van der Waals surface area contributed by atoms with Crippen LogP contribution in [0.4, 0.5) is 4.79 Å². The molecular weight excluding hydrogens is 276 g/mol. The number of carbonyl (C=O) groups is 1. The summed E-state index contributed by atoms with van der Waals surface area (Å²) in [6.45, 7) is 0.598. The molecule has 100 valence electrons. The molecule has 0 saturated carbocycles. The van der Waals surface area contributed by atoms with E-state index in [4.69, 9.17) is 16.3 Å². The summed E-state index contributed by atoms with van der Waals surface area (Å²) in [6, 6.07) is 17.5. The summed E-state index contributed by atoms with van der Waals surface area (Å²) in [5.74, 6) is 0.233. The molecular formula is C15H11ClN2O2. The Morgan fingerprint density at radius 2 is 1.80 bits per heavy atom. The lowest BCUT2D eigenvalue weighted by Gasteiger charge is -2.02. The van der Waals surface area contributed by atoms with Crippen LogP contribution in [-0.2, 0) is 6.54 Å². The molecule has 0 fully saturated rings. The largest absolute Gasteiger partial charge is 0.410 e. The lowest BCUT2D eigenvalue weighted by atomic mass is 10.2. The van der Waals surface area contributed by atoms with E-state index in [1.165, 1.54) is 0 Å². The highest BCUT2D eigenvalue weighted by molar-refractivity contribution is 6.61. The van der Waals surface area contributed by atoms with Crippen LogP contribution in [0.5, 0.6) is 5.88 Å². The average Bonchev–Trinajstić information content (AvgIpc) is 2.78. The first kappa shape index (κ1) is 12.7. The van der Waals surface area contributed by atoms with E-state index in [0.717, 1.165) is 16.5 Å². The first-order valence-corrected chi connectivity index (χ1v) is 6.48. The van der Waals surface area contributed by atoms with Crippen molar-refractivity contribution < 1.29 is 9.53 Å². The summed E-state index contributed by atoms with van der Waals surface area (Å²) in [5.41, 5.74) is 1.12. The second-order valence-corrected chi connectivity index (χ2v) is 4.61. The summed E-state index contributed by atoms with van der Waals surface area (Å²) in [5, 5.41) is 5.08.